The Hall–Kier alpha value is -2.29. The second kappa shape index (κ2) is 8.60. The first kappa shape index (κ1) is 18.1. The maximum absolute atomic E-state index is 4.48. The Balaban J connectivity index is 1.33. The zero-order valence-electron chi connectivity index (χ0n) is 15.7. The van der Waals surface area contributed by atoms with Gasteiger partial charge in [0.1, 0.15) is 18.0 Å². The molecule has 2 saturated heterocycles. The van der Waals surface area contributed by atoms with Crippen molar-refractivity contribution in [3.63, 3.8) is 0 Å². The quantitative estimate of drug-likeness (QED) is 0.574. The first-order valence-corrected chi connectivity index (χ1v) is 9.70. The van der Waals surface area contributed by atoms with E-state index >= 15 is 0 Å². The van der Waals surface area contributed by atoms with Crippen LogP contribution in [0, 0.1) is 5.92 Å². The van der Waals surface area contributed by atoms with Gasteiger partial charge in [0.25, 0.3) is 0 Å². The molecule has 0 amide bonds. The van der Waals surface area contributed by atoms with Crippen molar-refractivity contribution in [1.82, 2.24) is 31.1 Å². The molecule has 144 valence electrons. The zero-order valence-corrected chi connectivity index (χ0v) is 15.7. The van der Waals surface area contributed by atoms with E-state index in [0.29, 0.717) is 18.0 Å². The molecule has 4 heterocycles. The predicted molar refractivity (Wildman–Crippen MR) is 106 cm³/mol. The molecule has 4 rings (SSSR count). The fraction of sp³-hybridized carbons (Fsp3) is 0.526. The fourth-order valence-electron chi connectivity index (χ4n) is 4.07. The first-order valence-electron chi connectivity index (χ1n) is 9.70. The number of pyridine rings is 1. The molecule has 8 heteroatoms. The van der Waals surface area contributed by atoms with Crippen LogP contribution in [0.4, 0.5) is 11.6 Å². The third kappa shape index (κ3) is 4.18. The minimum atomic E-state index is 0.297. The van der Waals surface area contributed by atoms with Crippen LogP contribution in [0.5, 0.6) is 0 Å². The molecule has 2 fully saturated rings. The highest BCUT2D eigenvalue weighted by Crippen LogP contribution is 2.26. The summed E-state index contributed by atoms with van der Waals surface area (Å²) in [5.41, 5.74) is 7.91. The van der Waals surface area contributed by atoms with Gasteiger partial charge in [-0.15, -0.1) is 0 Å². The molecule has 3 unspecified atom stereocenters. The minimum absolute atomic E-state index is 0.297. The van der Waals surface area contributed by atoms with Crippen LogP contribution in [0.2, 0.25) is 0 Å². The summed E-state index contributed by atoms with van der Waals surface area (Å²) in [5.74, 6) is 2.37. The molecule has 8 nitrogen and oxygen atoms in total. The van der Waals surface area contributed by atoms with Crippen LogP contribution in [0.25, 0.3) is 0 Å². The van der Waals surface area contributed by atoms with E-state index in [-0.39, 0.29) is 0 Å². The summed E-state index contributed by atoms with van der Waals surface area (Å²) < 4.78 is 0. The first-order chi connectivity index (χ1) is 13.3. The lowest BCUT2D eigenvalue weighted by Crippen LogP contribution is -2.40. The number of hydrogen-bond donors (Lipinski definition) is 4. The van der Waals surface area contributed by atoms with Gasteiger partial charge in [0.15, 0.2) is 0 Å². The molecule has 0 saturated carbocycles. The number of rotatable bonds is 7. The highest BCUT2D eigenvalue weighted by Gasteiger charge is 2.29. The van der Waals surface area contributed by atoms with Crippen LogP contribution in [0.3, 0.4) is 0 Å². The topological polar surface area (TPSA) is 90.0 Å². The average molecular weight is 368 g/mol. The van der Waals surface area contributed by atoms with Crippen LogP contribution in [0.15, 0.2) is 36.9 Å². The molecule has 2 aliphatic rings. The molecule has 2 aromatic heterocycles. The van der Waals surface area contributed by atoms with E-state index in [2.05, 4.69) is 47.4 Å². The van der Waals surface area contributed by atoms with Crippen LogP contribution < -0.4 is 26.4 Å². The van der Waals surface area contributed by atoms with Gasteiger partial charge in [-0.05, 0) is 24.5 Å². The second-order valence-electron chi connectivity index (χ2n) is 7.21. The largest absolute Gasteiger partial charge is 0.373 e. The summed E-state index contributed by atoms with van der Waals surface area (Å²) in [6.45, 7) is 3.94. The van der Waals surface area contributed by atoms with Gasteiger partial charge in [0.2, 0.25) is 0 Å². The molecule has 0 aliphatic carbocycles. The molecular weight excluding hydrogens is 340 g/mol. The van der Waals surface area contributed by atoms with Crippen LogP contribution in [-0.2, 0) is 0 Å². The SMILES string of the molecule is CNc1cc(N2CCCC2CNCC2CNNC2c2cccnc2)ncn1. The maximum atomic E-state index is 4.48. The molecule has 2 aromatic rings. The smallest absolute Gasteiger partial charge is 0.134 e. The molecule has 3 atom stereocenters. The van der Waals surface area contributed by atoms with Crippen molar-refractivity contribution in [2.45, 2.75) is 24.9 Å². The van der Waals surface area contributed by atoms with E-state index in [1.54, 1.807) is 6.33 Å². The number of anilines is 2. The fourth-order valence-corrected chi connectivity index (χ4v) is 4.07. The van der Waals surface area contributed by atoms with Crippen molar-refractivity contribution >= 4 is 11.6 Å². The summed E-state index contributed by atoms with van der Waals surface area (Å²) >= 11 is 0. The van der Waals surface area contributed by atoms with Crippen LogP contribution in [-0.4, -0.2) is 54.2 Å². The highest BCUT2D eigenvalue weighted by atomic mass is 15.4. The summed E-state index contributed by atoms with van der Waals surface area (Å²) in [5, 5.41) is 6.79. The molecule has 0 aromatic carbocycles. The van der Waals surface area contributed by atoms with Gasteiger partial charge >= 0.3 is 0 Å². The Morgan fingerprint density at radius 1 is 1.30 bits per heavy atom. The van der Waals surface area contributed by atoms with Crippen molar-refractivity contribution in [3.05, 3.63) is 42.5 Å². The molecule has 0 spiro atoms. The van der Waals surface area contributed by atoms with E-state index in [0.717, 1.165) is 37.8 Å². The Morgan fingerprint density at radius 3 is 3.11 bits per heavy atom. The van der Waals surface area contributed by atoms with Gasteiger partial charge in [0, 0.05) is 63.6 Å². The van der Waals surface area contributed by atoms with Crippen LogP contribution >= 0.6 is 0 Å². The van der Waals surface area contributed by atoms with E-state index in [1.165, 1.54) is 18.4 Å². The van der Waals surface area contributed by atoms with Crippen LogP contribution in [0.1, 0.15) is 24.4 Å². The lowest BCUT2D eigenvalue weighted by atomic mass is 9.96. The Kier molecular flexibility index (Phi) is 5.76. The van der Waals surface area contributed by atoms with Crippen molar-refractivity contribution in [1.29, 1.82) is 0 Å². The van der Waals surface area contributed by atoms with E-state index in [4.69, 9.17) is 0 Å². The normalized spacial score (nSPS) is 25.1. The lowest BCUT2D eigenvalue weighted by Gasteiger charge is -2.27. The minimum Gasteiger partial charge on any atom is -0.373 e. The van der Waals surface area contributed by atoms with Crippen molar-refractivity contribution in [3.8, 4) is 0 Å². The Labute approximate surface area is 160 Å². The lowest BCUT2D eigenvalue weighted by molar-refractivity contribution is 0.430. The highest BCUT2D eigenvalue weighted by molar-refractivity contribution is 5.49. The molecule has 27 heavy (non-hydrogen) atoms. The number of nitrogens with one attached hydrogen (secondary N) is 4. The predicted octanol–water partition coefficient (Wildman–Crippen LogP) is 0.937. The maximum Gasteiger partial charge on any atom is 0.134 e. The van der Waals surface area contributed by atoms with Gasteiger partial charge in [-0.3, -0.25) is 10.4 Å². The van der Waals surface area contributed by atoms with E-state index in [1.807, 2.05) is 31.6 Å². The van der Waals surface area contributed by atoms with Gasteiger partial charge < -0.3 is 15.5 Å². The number of hydrazine groups is 1. The third-order valence-electron chi connectivity index (χ3n) is 5.50. The average Bonchev–Trinajstić information content (AvgIpc) is 3.38. The van der Waals surface area contributed by atoms with Crippen molar-refractivity contribution < 1.29 is 0 Å². The summed E-state index contributed by atoms with van der Waals surface area (Å²) in [4.78, 5) is 15.4. The summed E-state index contributed by atoms with van der Waals surface area (Å²) in [7, 11) is 1.89. The van der Waals surface area contributed by atoms with Crippen molar-refractivity contribution in [2.75, 3.05) is 43.4 Å². The molecular formula is C19H28N8. The Morgan fingerprint density at radius 2 is 2.26 bits per heavy atom. The number of nitrogens with zero attached hydrogens (tertiary/aromatic N) is 4. The molecule has 4 N–H and O–H groups in total. The van der Waals surface area contributed by atoms with Gasteiger partial charge in [-0.2, -0.15) is 0 Å². The monoisotopic (exact) mass is 368 g/mol. The van der Waals surface area contributed by atoms with E-state index in [9.17, 15) is 0 Å². The Bertz CT molecular complexity index is 725. The summed E-state index contributed by atoms with van der Waals surface area (Å²) in [6.07, 6.45) is 7.80. The third-order valence-corrected chi connectivity index (χ3v) is 5.50. The van der Waals surface area contributed by atoms with Crippen molar-refractivity contribution in [2.24, 2.45) is 5.92 Å². The van der Waals surface area contributed by atoms with E-state index < -0.39 is 0 Å². The summed E-state index contributed by atoms with van der Waals surface area (Å²) in [6, 6.07) is 6.94. The van der Waals surface area contributed by atoms with Gasteiger partial charge in [0.05, 0.1) is 6.04 Å². The molecule has 0 radical (unpaired) electrons. The van der Waals surface area contributed by atoms with Gasteiger partial charge in [-0.1, -0.05) is 6.07 Å². The zero-order chi connectivity index (χ0) is 18.5. The second-order valence-corrected chi connectivity index (χ2v) is 7.21. The molecule has 0 bridgehead atoms. The number of aromatic nitrogens is 3. The number of hydrogen-bond acceptors (Lipinski definition) is 8. The molecule has 2 aliphatic heterocycles. The standard InChI is InChI=1S/C19H28N8/c1-20-17-8-18(24-13-23-17)27-7-3-5-16(27)12-22-10-15-11-25-26-19(15)14-4-2-6-21-9-14/h2,4,6,8-9,13,15-16,19,22,25-26H,3,5,7,10-12H2,1H3,(H,20,23,24). The van der Waals surface area contributed by atoms with Gasteiger partial charge in [-0.25, -0.2) is 15.4 Å².